The van der Waals surface area contributed by atoms with E-state index in [1.807, 2.05) is 35.6 Å². The third kappa shape index (κ3) is 4.41. The molecule has 7 aromatic carbocycles. The summed E-state index contributed by atoms with van der Waals surface area (Å²) in [6, 6.07) is 56.2. The Morgan fingerprint density at radius 3 is 1.75 bits per heavy atom. The lowest BCUT2D eigenvalue weighted by molar-refractivity contribution is 0.938. The van der Waals surface area contributed by atoms with Gasteiger partial charge in [-0.05, 0) is 72.5 Å². The van der Waals surface area contributed by atoms with Gasteiger partial charge in [0.05, 0.1) is 21.9 Å². The number of rotatable bonds is 5. The lowest BCUT2D eigenvalue weighted by atomic mass is 10.0. The first-order valence-corrected chi connectivity index (χ1v) is 20.3. The van der Waals surface area contributed by atoms with Crippen LogP contribution in [0.2, 0.25) is 0 Å². The highest BCUT2D eigenvalue weighted by molar-refractivity contribution is 7.26. The molecule has 0 radical (unpaired) electrons. The minimum Gasteiger partial charge on any atom is -0.312 e. The van der Waals surface area contributed by atoms with Gasteiger partial charge in [-0.25, -0.2) is 15.0 Å². The van der Waals surface area contributed by atoms with Crippen LogP contribution in [0, 0.1) is 0 Å². The van der Waals surface area contributed by atoms with Gasteiger partial charge in [0.1, 0.15) is 0 Å². The summed E-state index contributed by atoms with van der Waals surface area (Å²) in [4.78, 5) is 15.1. The molecule has 0 atom stereocenters. The largest absolute Gasteiger partial charge is 0.312 e. The van der Waals surface area contributed by atoms with Crippen LogP contribution in [0.5, 0.6) is 0 Å². The van der Waals surface area contributed by atoms with E-state index < -0.39 is 0 Å². The Balaban J connectivity index is 0.996. The van der Waals surface area contributed by atoms with Gasteiger partial charge in [0.25, 0.3) is 0 Å². The van der Waals surface area contributed by atoms with E-state index in [-0.39, 0.29) is 0 Å². The number of benzene rings is 7. The average molecular weight is 746 g/mol. The van der Waals surface area contributed by atoms with E-state index in [1.54, 1.807) is 0 Å². The second-order valence-electron chi connectivity index (χ2n) is 15.1. The summed E-state index contributed by atoms with van der Waals surface area (Å²) in [6.07, 6.45) is 4.44. The topological polar surface area (TPSA) is 48.0 Å². The van der Waals surface area contributed by atoms with Crippen molar-refractivity contribution in [3.63, 3.8) is 0 Å². The molecule has 0 amide bonds. The molecular weight excluding hydrogens is 715 g/mol. The second kappa shape index (κ2) is 11.7. The van der Waals surface area contributed by atoms with Gasteiger partial charge in [-0.3, -0.25) is 0 Å². The molecule has 57 heavy (non-hydrogen) atoms. The van der Waals surface area contributed by atoms with Crippen molar-refractivity contribution < 1.29 is 0 Å². The molecule has 13 rings (SSSR count). The smallest absolute Gasteiger partial charge is 0.164 e. The predicted molar refractivity (Wildman–Crippen MR) is 236 cm³/mol. The number of fused-ring (bicyclic) bond motifs is 4. The zero-order valence-corrected chi connectivity index (χ0v) is 31.5. The molecule has 266 valence electrons. The molecule has 0 spiro atoms. The van der Waals surface area contributed by atoms with Crippen molar-refractivity contribution in [2.45, 2.75) is 12.8 Å². The van der Waals surface area contributed by atoms with E-state index in [4.69, 9.17) is 15.0 Å². The molecule has 5 nitrogen and oxygen atoms in total. The van der Waals surface area contributed by atoms with Gasteiger partial charge in [-0.2, -0.15) is 0 Å². The minimum absolute atomic E-state index is 0.649. The van der Waals surface area contributed by atoms with Crippen molar-refractivity contribution >= 4 is 75.7 Å². The summed E-state index contributed by atoms with van der Waals surface area (Å²) < 4.78 is 7.78. The Bertz CT molecular complexity index is 3600. The Labute approximate surface area is 330 Å². The average Bonchev–Trinajstić information content (AvgIpc) is 3.91. The highest BCUT2D eigenvalue weighted by Crippen LogP contribution is 2.48. The number of hydrogen-bond acceptors (Lipinski definition) is 4. The van der Waals surface area contributed by atoms with Crippen LogP contribution in [-0.2, 0) is 6.42 Å². The summed E-state index contributed by atoms with van der Waals surface area (Å²) in [5, 5.41) is 9.46. The molecule has 0 fully saturated rings. The van der Waals surface area contributed by atoms with E-state index in [0.29, 0.717) is 17.5 Å². The van der Waals surface area contributed by atoms with Gasteiger partial charge in [0, 0.05) is 69.8 Å². The van der Waals surface area contributed by atoms with Gasteiger partial charge in [-0.1, -0.05) is 115 Å². The minimum atomic E-state index is 0.649. The molecule has 0 saturated carbocycles. The van der Waals surface area contributed by atoms with Crippen molar-refractivity contribution in [3.8, 4) is 51.0 Å². The van der Waals surface area contributed by atoms with Gasteiger partial charge in [-0.15, -0.1) is 11.3 Å². The summed E-state index contributed by atoms with van der Waals surface area (Å²) in [5.74, 6) is 1.96. The highest BCUT2D eigenvalue weighted by Gasteiger charge is 2.27. The maximum Gasteiger partial charge on any atom is 0.164 e. The summed E-state index contributed by atoms with van der Waals surface area (Å²) in [7, 11) is 0. The molecule has 12 aromatic rings. The van der Waals surface area contributed by atoms with Gasteiger partial charge < -0.3 is 8.97 Å². The quantitative estimate of drug-likeness (QED) is 0.176. The zero-order valence-electron chi connectivity index (χ0n) is 30.6. The molecule has 6 heteroatoms. The molecule has 5 heterocycles. The SMILES string of the molecule is C1=c2c3c(n4c5ccccc5c5ccc6sc7ccc(c3c7c6c54)n2-c2ccc(-c3nc(-c4ccccc4)nc(-c4ccc(-c5ccccc5)cc4)n3)cc2)CC1. The fraction of sp³-hybridized carbons (Fsp3) is 0.0392. The Kier molecular flexibility index (Phi) is 6.37. The lowest BCUT2D eigenvalue weighted by Crippen LogP contribution is -2.18. The van der Waals surface area contributed by atoms with E-state index in [2.05, 4.69) is 149 Å². The van der Waals surface area contributed by atoms with Gasteiger partial charge in [0.15, 0.2) is 17.5 Å². The molecule has 5 aromatic heterocycles. The number of hydrogen-bond donors (Lipinski definition) is 0. The maximum atomic E-state index is 5.09. The van der Waals surface area contributed by atoms with Crippen molar-refractivity contribution in [2.24, 2.45) is 0 Å². The van der Waals surface area contributed by atoms with Crippen LogP contribution < -0.4 is 5.35 Å². The molecular formula is C51H31N5S. The van der Waals surface area contributed by atoms with Crippen molar-refractivity contribution in [1.82, 2.24) is 23.9 Å². The monoisotopic (exact) mass is 745 g/mol. The standard InChI is InChI=1S/C51H31N5S/c1-3-10-30(11-4-1)31-18-20-33(21-19-31)50-52-49(32-12-5-2-6-13-32)53-51(54-50)34-22-24-35(25-23-34)55-39-16-9-17-40-44(39)45-41(55)27-29-42-46(45)47-43(57-42)28-26-37-36-14-7-8-15-38(36)56(40)48(37)47/h1-8,10-16,18-29H,9,17H2. The van der Waals surface area contributed by atoms with Crippen molar-refractivity contribution in [3.05, 3.63) is 169 Å². The first kappa shape index (κ1) is 31.1. The third-order valence-corrected chi connectivity index (χ3v) is 13.1. The first-order valence-electron chi connectivity index (χ1n) is 19.5. The van der Waals surface area contributed by atoms with Crippen LogP contribution in [0.15, 0.2) is 158 Å². The number of para-hydroxylation sites is 1. The van der Waals surface area contributed by atoms with Crippen molar-refractivity contribution in [2.75, 3.05) is 0 Å². The van der Waals surface area contributed by atoms with E-state index >= 15 is 0 Å². The van der Waals surface area contributed by atoms with Crippen LogP contribution in [0.4, 0.5) is 0 Å². The Morgan fingerprint density at radius 1 is 0.439 bits per heavy atom. The summed E-state index contributed by atoms with van der Waals surface area (Å²) in [5.41, 5.74) is 11.6. The van der Waals surface area contributed by atoms with Crippen LogP contribution >= 0.6 is 11.3 Å². The number of aromatic nitrogens is 5. The molecule has 0 unspecified atom stereocenters. The normalized spacial score (nSPS) is 12.9. The van der Waals surface area contributed by atoms with Crippen LogP contribution in [0.25, 0.3) is 115 Å². The molecule has 0 N–H and O–H groups in total. The van der Waals surface area contributed by atoms with E-state index in [0.717, 1.165) is 40.8 Å². The number of nitrogens with zero attached hydrogens (tertiary/aromatic N) is 5. The fourth-order valence-corrected chi connectivity index (χ4v) is 10.6. The zero-order chi connectivity index (χ0) is 37.2. The summed E-state index contributed by atoms with van der Waals surface area (Å²) >= 11 is 1.91. The fourth-order valence-electron chi connectivity index (χ4n) is 9.49. The molecule has 0 aliphatic heterocycles. The number of aryl methyl sites for hydroxylation is 1. The summed E-state index contributed by atoms with van der Waals surface area (Å²) in [6.45, 7) is 0. The van der Waals surface area contributed by atoms with Crippen LogP contribution in [-0.4, -0.2) is 23.9 Å². The Morgan fingerprint density at radius 2 is 1.02 bits per heavy atom. The van der Waals surface area contributed by atoms with Crippen LogP contribution in [0.3, 0.4) is 0 Å². The maximum absolute atomic E-state index is 5.09. The Hall–Kier alpha value is -7.15. The molecule has 1 aliphatic carbocycles. The van der Waals surface area contributed by atoms with E-state index in [1.165, 1.54) is 74.9 Å². The number of thiophene rings is 1. The van der Waals surface area contributed by atoms with Gasteiger partial charge >= 0.3 is 0 Å². The third-order valence-electron chi connectivity index (χ3n) is 12.0. The highest BCUT2D eigenvalue weighted by atomic mass is 32.1. The first-order chi connectivity index (χ1) is 28.3. The molecule has 1 aliphatic rings. The predicted octanol–water partition coefficient (Wildman–Crippen LogP) is 12.3. The van der Waals surface area contributed by atoms with Crippen LogP contribution in [0.1, 0.15) is 12.1 Å². The lowest BCUT2D eigenvalue weighted by Gasteiger charge is -2.13. The van der Waals surface area contributed by atoms with Gasteiger partial charge in [0.2, 0.25) is 0 Å². The molecule has 0 saturated heterocycles. The molecule has 0 bridgehead atoms. The van der Waals surface area contributed by atoms with Crippen molar-refractivity contribution in [1.29, 1.82) is 0 Å². The second-order valence-corrected chi connectivity index (χ2v) is 16.2. The van der Waals surface area contributed by atoms with E-state index in [9.17, 15) is 0 Å².